The SMILES string of the molecule is Cc1cc(C(=O)N2CCCC2c2ccc(CN3CCOCC3)cn2)no1. The number of aryl methyl sites for hydroxylation is 1. The number of rotatable bonds is 4. The molecule has 2 aliphatic rings. The Labute approximate surface area is 152 Å². The van der Waals surface area contributed by atoms with E-state index in [4.69, 9.17) is 9.26 Å². The molecule has 2 aromatic heterocycles. The highest BCUT2D eigenvalue weighted by molar-refractivity contribution is 5.92. The van der Waals surface area contributed by atoms with Crippen LogP contribution >= 0.6 is 0 Å². The van der Waals surface area contributed by atoms with Crippen LogP contribution in [0.4, 0.5) is 0 Å². The number of likely N-dealkylation sites (tertiary alicyclic amines) is 1. The van der Waals surface area contributed by atoms with E-state index >= 15 is 0 Å². The number of pyridine rings is 1. The predicted molar refractivity (Wildman–Crippen MR) is 94.6 cm³/mol. The van der Waals surface area contributed by atoms with E-state index in [0.29, 0.717) is 11.5 Å². The van der Waals surface area contributed by atoms with Crippen molar-refractivity contribution in [2.45, 2.75) is 32.4 Å². The zero-order valence-electron chi connectivity index (χ0n) is 15.1. The van der Waals surface area contributed by atoms with Gasteiger partial charge in [-0.05, 0) is 31.4 Å². The highest BCUT2D eigenvalue weighted by Gasteiger charge is 2.32. The number of ether oxygens (including phenoxy) is 1. The second kappa shape index (κ2) is 7.55. The predicted octanol–water partition coefficient (Wildman–Crippen LogP) is 2.19. The lowest BCUT2D eigenvalue weighted by atomic mass is 10.1. The first-order chi connectivity index (χ1) is 12.7. The van der Waals surface area contributed by atoms with Crippen LogP contribution in [0, 0.1) is 6.92 Å². The van der Waals surface area contributed by atoms with Gasteiger partial charge in [-0.25, -0.2) is 0 Å². The van der Waals surface area contributed by atoms with Crippen LogP contribution in [0.1, 0.15) is 46.4 Å². The smallest absolute Gasteiger partial charge is 0.276 e. The fraction of sp³-hybridized carbons (Fsp3) is 0.526. The first-order valence-electron chi connectivity index (χ1n) is 9.20. The third kappa shape index (κ3) is 3.64. The number of morpholine rings is 1. The number of carbonyl (C=O) groups is 1. The Morgan fingerprint density at radius 3 is 2.81 bits per heavy atom. The van der Waals surface area contributed by atoms with Gasteiger partial charge in [0, 0.05) is 38.4 Å². The van der Waals surface area contributed by atoms with Gasteiger partial charge in [-0.15, -0.1) is 0 Å². The van der Waals surface area contributed by atoms with Crippen LogP contribution in [-0.4, -0.2) is 58.7 Å². The van der Waals surface area contributed by atoms with Gasteiger partial charge < -0.3 is 14.2 Å². The Bertz CT molecular complexity index is 752. The van der Waals surface area contributed by atoms with Crippen LogP contribution in [0.25, 0.3) is 0 Å². The monoisotopic (exact) mass is 356 g/mol. The number of nitrogens with zero attached hydrogens (tertiary/aromatic N) is 4. The van der Waals surface area contributed by atoms with E-state index in [0.717, 1.165) is 57.9 Å². The molecule has 2 aromatic rings. The first-order valence-corrected chi connectivity index (χ1v) is 9.20. The van der Waals surface area contributed by atoms with Gasteiger partial charge in [0.2, 0.25) is 0 Å². The lowest BCUT2D eigenvalue weighted by Crippen LogP contribution is -2.35. The Balaban J connectivity index is 1.44. The van der Waals surface area contributed by atoms with Crippen molar-refractivity contribution in [3.05, 3.63) is 47.1 Å². The fourth-order valence-electron chi connectivity index (χ4n) is 3.68. The molecule has 0 bridgehead atoms. The van der Waals surface area contributed by atoms with Gasteiger partial charge in [0.05, 0.1) is 24.9 Å². The van der Waals surface area contributed by atoms with Crippen LogP contribution in [0.15, 0.2) is 28.9 Å². The van der Waals surface area contributed by atoms with Crippen molar-refractivity contribution in [1.29, 1.82) is 0 Å². The minimum atomic E-state index is -0.0801. The molecule has 1 amide bonds. The van der Waals surface area contributed by atoms with Gasteiger partial charge >= 0.3 is 0 Å². The molecule has 0 aliphatic carbocycles. The molecule has 138 valence electrons. The van der Waals surface area contributed by atoms with Crippen molar-refractivity contribution in [2.75, 3.05) is 32.8 Å². The van der Waals surface area contributed by atoms with Crippen molar-refractivity contribution < 1.29 is 14.1 Å². The molecule has 1 atom stereocenters. The van der Waals surface area contributed by atoms with E-state index < -0.39 is 0 Å². The van der Waals surface area contributed by atoms with Crippen molar-refractivity contribution in [3.63, 3.8) is 0 Å². The van der Waals surface area contributed by atoms with Crippen molar-refractivity contribution in [1.82, 2.24) is 19.9 Å². The van der Waals surface area contributed by atoms with E-state index in [1.165, 1.54) is 5.56 Å². The Morgan fingerprint density at radius 2 is 2.12 bits per heavy atom. The average molecular weight is 356 g/mol. The summed E-state index contributed by atoms with van der Waals surface area (Å²) in [4.78, 5) is 21.6. The molecule has 7 nitrogen and oxygen atoms in total. The van der Waals surface area contributed by atoms with Gasteiger partial charge in [0.25, 0.3) is 5.91 Å². The van der Waals surface area contributed by atoms with E-state index in [9.17, 15) is 4.79 Å². The van der Waals surface area contributed by atoms with Crippen LogP contribution in [0.3, 0.4) is 0 Å². The van der Waals surface area contributed by atoms with E-state index in [-0.39, 0.29) is 11.9 Å². The molecule has 0 radical (unpaired) electrons. The lowest BCUT2D eigenvalue weighted by Gasteiger charge is -2.27. The molecule has 7 heteroatoms. The second-order valence-electron chi connectivity index (χ2n) is 6.96. The largest absolute Gasteiger partial charge is 0.379 e. The summed E-state index contributed by atoms with van der Waals surface area (Å²) in [5, 5.41) is 3.87. The molecule has 26 heavy (non-hydrogen) atoms. The first kappa shape index (κ1) is 17.2. The summed E-state index contributed by atoms with van der Waals surface area (Å²) in [5.41, 5.74) is 2.51. The summed E-state index contributed by atoms with van der Waals surface area (Å²) in [7, 11) is 0. The summed E-state index contributed by atoms with van der Waals surface area (Å²) < 4.78 is 10.4. The second-order valence-corrected chi connectivity index (χ2v) is 6.96. The maximum atomic E-state index is 12.7. The molecule has 2 aliphatic heterocycles. The Kier molecular flexibility index (Phi) is 4.99. The quantitative estimate of drug-likeness (QED) is 0.836. The van der Waals surface area contributed by atoms with Gasteiger partial charge in [0.15, 0.2) is 5.69 Å². The fourth-order valence-corrected chi connectivity index (χ4v) is 3.68. The van der Waals surface area contributed by atoms with Crippen molar-refractivity contribution >= 4 is 5.91 Å². The molecule has 0 N–H and O–H groups in total. The Hall–Kier alpha value is -2.25. The van der Waals surface area contributed by atoms with Crippen molar-refractivity contribution in [2.24, 2.45) is 0 Å². The topological polar surface area (TPSA) is 71.7 Å². The minimum absolute atomic E-state index is 0.0111. The number of hydrogen-bond acceptors (Lipinski definition) is 6. The molecular weight excluding hydrogens is 332 g/mol. The highest BCUT2D eigenvalue weighted by Crippen LogP contribution is 2.32. The zero-order chi connectivity index (χ0) is 17.9. The lowest BCUT2D eigenvalue weighted by molar-refractivity contribution is 0.0341. The number of hydrogen-bond donors (Lipinski definition) is 0. The summed E-state index contributed by atoms with van der Waals surface area (Å²) in [6.07, 6.45) is 3.84. The Morgan fingerprint density at radius 1 is 1.27 bits per heavy atom. The third-order valence-electron chi connectivity index (χ3n) is 5.06. The zero-order valence-corrected chi connectivity index (χ0v) is 15.1. The summed E-state index contributed by atoms with van der Waals surface area (Å²) in [6.45, 7) is 6.93. The average Bonchev–Trinajstić information content (AvgIpc) is 3.32. The molecule has 0 saturated carbocycles. The summed E-state index contributed by atoms with van der Waals surface area (Å²) in [5.74, 6) is 0.568. The summed E-state index contributed by atoms with van der Waals surface area (Å²) >= 11 is 0. The number of aromatic nitrogens is 2. The third-order valence-corrected chi connectivity index (χ3v) is 5.06. The van der Waals surface area contributed by atoms with Crippen LogP contribution in [0.5, 0.6) is 0 Å². The molecule has 0 aromatic carbocycles. The van der Waals surface area contributed by atoms with Gasteiger partial charge in [-0.3, -0.25) is 14.7 Å². The van der Waals surface area contributed by atoms with Gasteiger partial charge in [-0.1, -0.05) is 11.2 Å². The minimum Gasteiger partial charge on any atom is -0.379 e. The number of carbonyl (C=O) groups excluding carboxylic acids is 1. The molecule has 1 unspecified atom stereocenters. The van der Waals surface area contributed by atoms with E-state index in [2.05, 4.69) is 27.2 Å². The van der Waals surface area contributed by atoms with Gasteiger partial charge in [-0.2, -0.15) is 0 Å². The molecule has 4 heterocycles. The number of amides is 1. The summed E-state index contributed by atoms with van der Waals surface area (Å²) in [6, 6.07) is 5.88. The molecular formula is C19H24N4O3. The molecule has 4 rings (SSSR count). The molecule has 2 fully saturated rings. The maximum Gasteiger partial charge on any atom is 0.276 e. The van der Waals surface area contributed by atoms with E-state index in [1.807, 2.05) is 11.1 Å². The van der Waals surface area contributed by atoms with Gasteiger partial charge in [0.1, 0.15) is 5.76 Å². The van der Waals surface area contributed by atoms with Crippen LogP contribution in [0.2, 0.25) is 0 Å². The maximum absolute atomic E-state index is 12.7. The standard InChI is InChI=1S/C19H24N4O3/c1-14-11-17(21-26-14)19(24)23-6-2-3-18(23)16-5-4-15(12-20-16)13-22-7-9-25-10-8-22/h4-5,11-12,18H,2-3,6-10,13H2,1H3. The van der Waals surface area contributed by atoms with Crippen molar-refractivity contribution in [3.8, 4) is 0 Å². The normalized spacial score (nSPS) is 21.3. The molecule has 2 saturated heterocycles. The highest BCUT2D eigenvalue weighted by atomic mass is 16.5. The van der Waals surface area contributed by atoms with E-state index in [1.54, 1.807) is 13.0 Å². The molecule has 0 spiro atoms. The van der Waals surface area contributed by atoms with Crippen LogP contribution in [-0.2, 0) is 11.3 Å². The van der Waals surface area contributed by atoms with Crippen LogP contribution < -0.4 is 0 Å².